The molecule has 5 heteroatoms. The van der Waals surface area contributed by atoms with Crippen LogP contribution in [0.4, 0.5) is 4.39 Å². The SMILES string of the molecule is O=C(N/N=C\c1ccccc1OCc1ccccc1)c1ccccc1F. The Morgan fingerprint density at radius 1 is 0.962 bits per heavy atom. The van der Waals surface area contributed by atoms with E-state index in [0.717, 1.165) is 5.56 Å². The Morgan fingerprint density at radius 3 is 2.46 bits per heavy atom. The van der Waals surface area contributed by atoms with Crippen molar-refractivity contribution in [3.63, 3.8) is 0 Å². The molecule has 0 heterocycles. The van der Waals surface area contributed by atoms with Gasteiger partial charge >= 0.3 is 0 Å². The first-order chi connectivity index (χ1) is 12.7. The average molecular weight is 348 g/mol. The highest BCUT2D eigenvalue weighted by Crippen LogP contribution is 2.17. The molecule has 0 saturated heterocycles. The van der Waals surface area contributed by atoms with Gasteiger partial charge in [-0.3, -0.25) is 4.79 Å². The van der Waals surface area contributed by atoms with Gasteiger partial charge in [-0.1, -0.05) is 54.6 Å². The van der Waals surface area contributed by atoms with E-state index in [-0.39, 0.29) is 5.56 Å². The molecule has 130 valence electrons. The van der Waals surface area contributed by atoms with E-state index in [1.165, 1.54) is 24.4 Å². The molecule has 0 spiro atoms. The lowest BCUT2D eigenvalue weighted by Crippen LogP contribution is -2.19. The second-order valence-electron chi connectivity index (χ2n) is 5.49. The first kappa shape index (κ1) is 17.4. The van der Waals surface area contributed by atoms with Gasteiger partial charge in [-0.25, -0.2) is 9.82 Å². The van der Waals surface area contributed by atoms with Crippen LogP contribution in [0, 0.1) is 5.82 Å². The van der Waals surface area contributed by atoms with E-state index >= 15 is 0 Å². The van der Waals surface area contributed by atoms with Gasteiger partial charge in [0, 0.05) is 5.56 Å². The van der Waals surface area contributed by atoms with Crippen molar-refractivity contribution in [2.75, 3.05) is 0 Å². The van der Waals surface area contributed by atoms with Crippen molar-refractivity contribution in [2.45, 2.75) is 6.61 Å². The van der Waals surface area contributed by atoms with Crippen LogP contribution in [-0.2, 0) is 6.61 Å². The molecule has 0 atom stereocenters. The Bertz CT molecular complexity index is 911. The van der Waals surface area contributed by atoms with Crippen LogP contribution in [0.3, 0.4) is 0 Å². The minimum Gasteiger partial charge on any atom is -0.488 e. The number of halogens is 1. The summed E-state index contributed by atoms with van der Waals surface area (Å²) >= 11 is 0. The molecule has 0 radical (unpaired) electrons. The zero-order valence-electron chi connectivity index (χ0n) is 13.9. The first-order valence-electron chi connectivity index (χ1n) is 8.08. The molecule has 3 aromatic carbocycles. The smallest absolute Gasteiger partial charge is 0.274 e. The summed E-state index contributed by atoms with van der Waals surface area (Å²) < 4.78 is 19.4. The van der Waals surface area contributed by atoms with Gasteiger partial charge in [0.15, 0.2) is 0 Å². The average Bonchev–Trinajstić information content (AvgIpc) is 2.68. The van der Waals surface area contributed by atoms with Crippen LogP contribution in [0.15, 0.2) is 84.0 Å². The van der Waals surface area contributed by atoms with Crippen molar-refractivity contribution in [1.82, 2.24) is 5.43 Å². The number of benzene rings is 3. The highest BCUT2D eigenvalue weighted by molar-refractivity contribution is 5.95. The Hall–Kier alpha value is -3.47. The van der Waals surface area contributed by atoms with Gasteiger partial charge in [-0.05, 0) is 29.8 Å². The minimum absolute atomic E-state index is 0.0572. The number of rotatable bonds is 6. The van der Waals surface area contributed by atoms with Crippen LogP contribution < -0.4 is 10.2 Å². The Labute approximate surface area is 150 Å². The fraction of sp³-hybridized carbons (Fsp3) is 0.0476. The maximum Gasteiger partial charge on any atom is 0.274 e. The van der Waals surface area contributed by atoms with Gasteiger partial charge in [0.2, 0.25) is 0 Å². The van der Waals surface area contributed by atoms with Crippen LogP contribution in [0.5, 0.6) is 5.75 Å². The van der Waals surface area contributed by atoms with Crippen molar-refractivity contribution in [2.24, 2.45) is 5.10 Å². The monoisotopic (exact) mass is 348 g/mol. The molecule has 0 aliphatic heterocycles. The summed E-state index contributed by atoms with van der Waals surface area (Å²) in [5, 5.41) is 3.90. The van der Waals surface area contributed by atoms with Gasteiger partial charge in [-0.2, -0.15) is 5.10 Å². The van der Waals surface area contributed by atoms with Crippen LogP contribution in [-0.4, -0.2) is 12.1 Å². The molecule has 3 aromatic rings. The van der Waals surface area contributed by atoms with E-state index in [1.807, 2.05) is 54.6 Å². The quantitative estimate of drug-likeness (QED) is 0.537. The molecule has 0 aliphatic carbocycles. The fourth-order valence-electron chi connectivity index (χ4n) is 2.32. The van der Waals surface area contributed by atoms with E-state index < -0.39 is 11.7 Å². The van der Waals surface area contributed by atoms with Crippen molar-refractivity contribution in [3.8, 4) is 5.75 Å². The second-order valence-corrected chi connectivity index (χ2v) is 5.49. The molecule has 1 amide bonds. The lowest BCUT2D eigenvalue weighted by atomic mass is 10.2. The Kier molecular flexibility index (Phi) is 5.72. The number of ether oxygens (including phenoxy) is 1. The highest BCUT2D eigenvalue weighted by atomic mass is 19.1. The number of nitrogens with one attached hydrogen (secondary N) is 1. The molecule has 0 fully saturated rings. The minimum atomic E-state index is -0.609. The predicted octanol–water partition coefficient (Wildman–Crippen LogP) is 4.17. The number of amides is 1. The van der Waals surface area contributed by atoms with Gasteiger partial charge in [-0.15, -0.1) is 0 Å². The van der Waals surface area contributed by atoms with Crippen molar-refractivity contribution in [3.05, 3.63) is 101 Å². The van der Waals surface area contributed by atoms with Gasteiger partial charge in [0.25, 0.3) is 5.91 Å². The third-order valence-corrected chi connectivity index (χ3v) is 3.64. The third-order valence-electron chi connectivity index (χ3n) is 3.64. The molecule has 0 aromatic heterocycles. The molecular weight excluding hydrogens is 331 g/mol. The Morgan fingerprint density at radius 2 is 1.65 bits per heavy atom. The lowest BCUT2D eigenvalue weighted by Gasteiger charge is -2.09. The third kappa shape index (κ3) is 4.54. The van der Waals surface area contributed by atoms with Crippen LogP contribution in [0.2, 0.25) is 0 Å². The van der Waals surface area contributed by atoms with E-state index in [4.69, 9.17) is 4.74 Å². The van der Waals surface area contributed by atoms with Gasteiger partial charge in [0.05, 0.1) is 11.8 Å². The summed E-state index contributed by atoms with van der Waals surface area (Å²) in [4.78, 5) is 12.0. The van der Waals surface area contributed by atoms with Crippen LogP contribution in [0.25, 0.3) is 0 Å². The van der Waals surface area contributed by atoms with E-state index in [2.05, 4.69) is 10.5 Å². The van der Waals surface area contributed by atoms with E-state index in [0.29, 0.717) is 17.9 Å². The van der Waals surface area contributed by atoms with E-state index in [9.17, 15) is 9.18 Å². The maximum absolute atomic E-state index is 13.6. The number of para-hydroxylation sites is 1. The normalized spacial score (nSPS) is 10.7. The van der Waals surface area contributed by atoms with Crippen LogP contribution in [0.1, 0.15) is 21.5 Å². The molecule has 0 aliphatic rings. The molecule has 0 bridgehead atoms. The van der Waals surface area contributed by atoms with Gasteiger partial charge < -0.3 is 4.74 Å². The largest absolute Gasteiger partial charge is 0.488 e. The van der Waals surface area contributed by atoms with Crippen molar-refractivity contribution in [1.29, 1.82) is 0 Å². The van der Waals surface area contributed by atoms with Crippen molar-refractivity contribution < 1.29 is 13.9 Å². The fourth-order valence-corrected chi connectivity index (χ4v) is 2.32. The summed E-state index contributed by atoms with van der Waals surface area (Å²) in [6.45, 7) is 0.424. The summed E-state index contributed by atoms with van der Waals surface area (Å²) in [6.07, 6.45) is 1.47. The molecule has 0 saturated carbocycles. The first-order valence-corrected chi connectivity index (χ1v) is 8.08. The van der Waals surface area contributed by atoms with Gasteiger partial charge in [0.1, 0.15) is 18.2 Å². The second kappa shape index (κ2) is 8.58. The molecule has 4 nitrogen and oxygen atoms in total. The summed E-state index contributed by atoms with van der Waals surface area (Å²) in [7, 11) is 0. The number of nitrogens with zero attached hydrogens (tertiary/aromatic N) is 1. The predicted molar refractivity (Wildman–Crippen MR) is 98.7 cm³/mol. The molecule has 26 heavy (non-hydrogen) atoms. The number of hydrogen-bond acceptors (Lipinski definition) is 3. The summed E-state index contributed by atoms with van der Waals surface area (Å²) in [5.74, 6) is -0.561. The summed E-state index contributed by atoms with van der Waals surface area (Å²) in [5.41, 5.74) is 4.02. The molecular formula is C21H17FN2O2. The lowest BCUT2D eigenvalue weighted by molar-refractivity contribution is 0.0951. The zero-order chi connectivity index (χ0) is 18.2. The van der Waals surface area contributed by atoms with Crippen LogP contribution >= 0.6 is 0 Å². The standard InChI is InChI=1S/C21H17FN2O2/c22-19-12-6-5-11-18(19)21(25)24-23-14-17-10-4-7-13-20(17)26-15-16-8-2-1-3-9-16/h1-14H,15H2,(H,24,25)/b23-14-. The molecule has 0 unspecified atom stereocenters. The maximum atomic E-state index is 13.6. The Balaban J connectivity index is 1.65. The van der Waals surface area contributed by atoms with Crippen molar-refractivity contribution >= 4 is 12.1 Å². The summed E-state index contributed by atoms with van der Waals surface area (Å²) in [6, 6.07) is 22.9. The number of carbonyl (C=O) groups is 1. The molecule has 1 N–H and O–H groups in total. The molecule has 3 rings (SSSR count). The number of carbonyl (C=O) groups excluding carboxylic acids is 1. The van der Waals surface area contributed by atoms with E-state index in [1.54, 1.807) is 6.07 Å². The number of hydrazone groups is 1. The highest BCUT2D eigenvalue weighted by Gasteiger charge is 2.09. The topological polar surface area (TPSA) is 50.7 Å². The zero-order valence-corrected chi connectivity index (χ0v) is 13.9. The number of hydrogen-bond donors (Lipinski definition) is 1.